The Kier molecular flexibility index (Phi) is 11.7. The van der Waals surface area contributed by atoms with Gasteiger partial charge in [-0.2, -0.15) is 21.0 Å². The van der Waals surface area contributed by atoms with Crippen LogP contribution in [0.4, 0.5) is 0 Å². The molecule has 0 unspecified atom stereocenters. The van der Waals surface area contributed by atoms with E-state index in [1.165, 1.54) is 54.1 Å². The smallest absolute Gasteiger partial charge is 0.269 e. The molecular formula is C47H40N6O2S4. The largest absolute Gasteiger partial charge is 0.298 e. The lowest BCUT2D eigenvalue weighted by molar-refractivity contribution is 0.337. The maximum Gasteiger partial charge on any atom is 0.269 e. The second kappa shape index (κ2) is 16.8. The van der Waals surface area contributed by atoms with Gasteiger partial charge in [-0.1, -0.05) is 52.0 Å². The Balaban J connectivity index is 1.31. The molecule has 8 nitrogen and oxygen atoms in total. The SMILES string of the molecule is CCn1c(=C(C#N)C#N)s/c(=C\c2ccc(-c3ccc4c(c3)C(CC(C)C)(CC(C)C)c3cc(-c5ccc(/C=c6\sc(=C(C#N)C#N)n(CC)c6=O)s5)ccc3-4)s2)c1=O. The molecule has 0 spiro atoms. The van der Waals surface area contributed by atoms with E-state index in [4.69, 9.17) is 0 Å². The fourth-order valence-electron chi connectivity index (χ4n) is 8.37. The molecule has 12 heteroatoms. The summed E-state index contributed by atoms with van der Waals surface area (Å²) in [5.41, 5.74) is 6.66. The van der Waals surface area contributed by atoms with Gasteiger partial charge in [-0.25, -0.2) is 0 Å². The number of hydrogen-bond donors (Lipinski definition) is 0. The van der Waals surface area contributed by atoms with Crippen molar-refractivity contribution in [1.82, 2.24) is 9.13 Å². The van der Waals surface area contributed by atoms with Crippen LogP contribution in [-0.2, 0) is 18.5 Å². The standard InChI is InChI=1S/C47H40N6O2S4/c1-7-52-43(54)41(58-45(52)31(23-48)24-49)19-33-11-15-39(56-33)29-9-13-35-36-14-10-30(18-38(36)47(21-27(3)4,22-28(5)6)37(35)17-29)40-16-12-34(57-40)20-42-44(55)53(8-2)46(59-42)32(25-50)26-51/h9-20,27-28H,7-8,21-22H2,1-6H3/b41-19-,42-20-. The quantitative estimate of drug-likeness (QED) is 0.137. The van der Waals surface area contributed by atoms with Crippen LogP contribution in [0.1, 0.15) is 75.3 Å². The zero-order valence-corrected chi connectivity index (χ0v) is 36.8. The molecule has 0 saturated carbocycles. The molecule has 6 aromatic rings. The maximum absolute atomic E-state index is 13.3. The van der Waals surface area contributed by atoms with Crippen LogP contribution in [-0.4, -0.2) is 9.13 Å². The van der Waals surface area contributed by atoms with E-state index in [9.17, 15) is 30.6 Å². The molecular weight excluding hydrogens is 809 g/mol. The van der Waals surface area contributed by atoms with E-state index in [0.29, 0.717) is 43.3 Å². The minimum Gasteiger partial charge on any atom is -0.298 e. The van der Waals surface area contributed by atoms with Gasteiger partial charge in [0, 0.05) is 38.0 Å². The lowest BCUT2D eigenvalue weighted by Gasteiger charge is -2.36. The molecule has 4 heterocycles. The van der Waals surface area contributed by atoms with Gasteiger partial charge in [-0.15, -0.1) is 45.3 Å². The van der Waals surface area contributed by atoms with E-state index in [0.717, 1.165) is 43.5 Å². The first-order valence-electron chi connectivity index (χ1n) is 19.4. The van der Waals surface area contributed by atoms with Crippen molar-refractivity contribution in [2.45, 2.75) is 72.9 Å². The number of fused-ring (bicyclic) bond motifs is 3. The van der Waals surface area contributed by atoms with Crippen molar-refractivity contribution in [1.29, 1.82) is 21.0 Å². The van der Waals surface area contributed by atoms with Gasteiger partial charge >= 0.3 is 0 Å². The summed E-state index contributed by atoms with van der Waals surface area (Å²) in [5, 5.41) is 37.9. The van der Waals surface area contributed by atoms with Crippen molar-refractivity contribution in [3.63, 3.8) is 0 Å². The molecule has 0 bridgehead atoms. The lowest BCUT2D eigenvalue weighted by Crippen LogP contribution is -2.31. The summed E-state index contributed by atoms with van der Waals surface area (Å²) in [7, 11) is 0. The van der Waals surface area contributed by atoms with Gasteiger partial charge in [0.05, 0.1) is 9.06 Å². The fraction of sp³-hybridized carbons (Fsp3) is 0.277. The Morgan fingerprint density at radius 2 is 1.00 bits per heavy atom. The molecule has 0 saturated heterocycles. The Morgan fingerprint density at radius 3 is 1.34 bits per heavy atom. The summed E-state index contributed by atoms with van der Waals surface area (Å²) in [6, 6.07) is 29.6. The van der Waals surface area contributed by atoms with Crippen molar-refractivity contribution in [2.24, 2.45) is 11.8 Å². The minimum absolute atomic E-state index is 0.0583. The van der Waals surface area contributed by atoms with E-state index in [1.807, 2.05) is 62.4 Å². The van der Waals surface area contributed by atoms with Crippen molar-refractivity contribution in [2.75, 3.05) is 0 Å². The molecule has 0 aliphatic heterocycles. The number of aromatic nitrogens is 2. The van der Waals surface area contributed by atoms with E-state index < -0.39 is 0 Å². The molecule has 4 aromatic heterocycles. The normalized spacial score (nSPS) is 13.2. The van der Waals surface area contributed by atoms with Gasteiger partial charge in [-0.05, 0) is 120 Å². The summed E-state index contributed by atoms with van der Waals surface area (Å²) in [5.74, 6) is 0.854. The second-order valence-corrected chi connectivity index (χ2v) is 19.6. The van der Waals surface area contributed by atoms with Gasteiger partial charge in [0.1, 0.15) is 33.6 Å². The van der Waals surface area contributed by atoms with Crippen molar-refractivity contribution in [3.05, 3.63) is 121 Å². The average molecular weight is 849 g/mol. The highest BCUT2D eigenvalue weighted by Crippen LogP contribution is 2.56. The van der Waals surface area contributed by atoms with Crippen LogP contribution in [0, 0.1) is 57.2 Å². The van der Waals surface area contributed by atoms with Crippen molar-refractivity contribution >= 4 is 68.6 Å². The highest BCUT2D eigenvalue weighted by molar-refractivity contribution is 7.17. The molecule has 0 fully saturated rings. The number of nitrogens with zero attached hydrogens (tertiary/aromatic N) is 6. The van der Waals surface area contributed by atoms with Gasteiger partial charge in [-0.3, -0.25) is 18.7 Å². The topological polar surface area (TPSA) is 139 Å². The predicted molar refractivity (Wildman–Crippen MR) is 242 cm³/mol. The summed E-state index contributed by atoms with van der Waals surface area (Å²) in [6.45, 7) is 13.6. The predicted octanol–water partition coefficient (Wildman–Crippen LogP) is 8.04. The Morgan fingerprint density at radius 1 is 0.610 bits per heavy atom. The summed E-state index contributed by atoms with van der Waals surface area (Å²) in [6.07, 6.45) is 5.68. The zero-order valence-electron chi connectivity index (χ0n) is 33.5. The highest BCUT2D eigenvalue weighted by atomic mass is 32.1. The molecule has 0 radical (unpaired) electrons. The average Bonchev–Trinajstić information content (AvgIpc) is 4.05. The van der Waals surface area contributed by atoms with Crippen molar-refractivity contribution < 1.29 is 0 Å². The molecule has 1 aliphatic carbocycles. The molecule has 1 aliphatic rings. The van der Waals surface area contributed by atoms with Crippen molar-refractivity contribution in [3.8, 4) is 56.3 Å². The number of thiophene rings is 2. The first kappa shape index (κ1) is 41.3. The number of rotatable bonds is 10. The van der Waals surface area contributed by atoms with Crippen LogP contribution in [0.25, 0.3) is 55.3 Å². The molecule has 7 rings (SSSR count). The number of benzene rings is 2. The van der Waals surface area contributed by atoms with Crippen LogP contribution >= 0.6 is 45.3 Å². The second-order valence-electron chi connectivity index (χ2n) is 15.3. The van der Waals surface area contributed by atoms with Crippen LogP contribution in [0.15, 0.2) is 70.3 Å². The van der Waals surface area contributed by atoms with Gasteiger partial charge in [0.2, 0.25) is 0 Å². The number of thiazole rings is 2. The summed E-state index contributed by atoms with van der Waals surface area (Å²) >= 11 is 5.59. The van der Waals surface area contributed by atoms with Gasteiger partial charge in [0.25, 0.3) is 11.1 Å². The van der Waals surface area contributed by atoms with Crippen LogP contribution in [0.5, 0.6) is 0 Å². The molecule has 0 N–H and O–H groups in total. The van der Waals surface area contributed by atoms with Crippen LogP contribution < -0.4 is 29.5 Å². The number of nitriles is 4. The molecule has 59 heavy (non-hydrogen) atoms. The zero-order chi connectivity index (χ0) is 42.2. The molecule has 2 aromatic carbocycles. The first-order chi connectivity index (χ1) is 28.4. The Labute approximate surface area is 358 Å². The number of hydrogen-bond acceptors (Lipinski definition) is 10. The monoisotopic (exact) mass is 848 g/mol. The van der Waals surface area contributed by atoms with E-state index in [2.05, 4.69) is 76.2 Å². The Hall–Kier alpha value is -5.86. The summed E-state index contributed by atoms with van der Waals surface area (Å²) in [4.78, 5) is 30.6. The third kappa shape index (κ3) is 7.51. The Bertz CT molecular complexity index is 2960. The first-order valence-corrected chi connectivity index (χ1v) is 22.7. The molecule has 294 valence electrons. The maximum atomic E-state index is 13.3. The third-order valence-electron chi connectivity index (χ3n) is 10.6. The fourth-order valence-corrected chi connectivity index (χ4v) is 12.6. The van der Waals surface area contributed by atoms with Gasteiger partial charge < -0.3 is 0 Å². The van der Waals surface area contributed by atoms with Crippen LogP contribution in [0.2, 0.25) is 0 Å². The summed E-state index contributed by atoms with van der Waals surface area (Å²) < 4.78 is 4.74. The van der Waals surface area contributed by atoms with Crippen LogP contribution in [0.3, 0.4) is 0 Å². The molecule has 0 amide bonds. The minimum atomic E-state index is -0.222. The third-order valence-corrected chi connectivity index (χ3v) is 15.0. The van der Waals surface area contributed by atoms with E-state index in [-0.39, 0.29) is 27.7 Å². The molecule has 0 atom stereocenters. The highest BCUT2D eigenvalue weighted by Gasteiger charge is 2.44. The van der Waals surface area contributed by atoms with E-state index in [1.54, 1.807) is 22.7 Å². The van der Waals surface area contributed by atoms with E-state index >= 15 is 0 Å². The lowest BCUT2D eigenvalue weighted by atomic mass is 9.67. The van der Waals surface area contributed by atoms with Gasteiger partial charge in [0.15, 0.2) is 11.1 Å².